The van der Waals surface area contributed by atoms with Gasteiger partial charge in [-0.2, -0.15) is 5.10 Å². The minimum absolute atomic E-state index is 0.253. The number of carbonyl (C=O) groups is 1. The van der Waals surface area contributed by atoms with Gasteiger partial charge < -0.3 is 11.1 Å². The maximum atomic E-state index is 12.2. The first-order chi connectivity index (χ1) is 9.17. The summed E-state index contributed by atoms with van der Waals surface area (Å²) in [4.78, 5) is 12.2. The fourth-order valence-electron chi connectivity index (χ4n) is 1.96. The molecule has 1 aromatic heterocycles. The molecule has 19 heavy (non-hydrogen) atoms. The molecule has 0 spiro atoms. The number of para-hydroxylation sites is 1. The van der Waals surface area contributed by atoms with Crippen molar-refractivity contribution >= 4 is 17.3 Å². The molecule has 4 N–H and O–H groups in total. The Kier molecular flexibility index (Phi) is 3.85. The van der Waals surface area contributed by atoms with Crippen LogP contribution < -0.4 is 11.1 Å². The number of H-pyrrole nitrogens is 1. The van der Waals surface area contributed by atoms with Gasteiger partial charge in [-0.3, -0.25) is 9.89 Å². The molecule has 0 aliphatic heterocycles. The Morgan fingerprint density at radius 2 is 2.05 bits per heavy atom. The van der Waals surface area contributed by atoms with Crippen LogP contribution in [0.4, 0.5) is 11.4 Å². The van der Waals surface area contributed by atoms with Gasteiger partial charge in [-0.25, -0.2) is 0 Å². The van der Waals surface area contributed by atoms with Gasteiger partial charge in [0.15, 0.2) is 5.69 Å². The summed E-state index contributed by atoms with van der Waals surface area (Å²) in [5.41, 5.74) is 9.23. The highest BCUT2D eigenvalue weighted by Gasteiger charge is 2.17. The monoisotopic (exact) mass is 258 g/mol. The third kappa shape index (κ3) is 2.59. The Morgan fingerprint density at radius 1 is 1.32 bits per heavy atom. The van der Waals surface area contributed by atoms with Crippen LogP contribution in [-0.2, 0) is 12.8 Å². The third-order valence-corrected chi connectivity index (χ3v) is 3.10. The van der Waals surface area contributed by atoms with E-state index in [1.165, 1.54) is 0 Å². The molecule has 100 valence electrons. The molecule has 2 rings (SSSR count). The van der Waals surface area contributed by atoms with E-state index in [1.807, 2.05) is 38.1 Å². The van der Waals surface area contributed by atoms with Crippen LogP contribution in [0, 0.1) is 0 Å². The van der Waals surface area contributed by atoms with E-state index in [0.29, 0.717) is 5.69 Å². The minimum Gasteiger partial charge on any atom is -0.395 e. The Balaban J connectivity index is 2.23. The Hall–Kier alpha value is -2.30. The van der Waals surface area contributed by atoms with Gasteiger partial charge in [0, 0.05) is 5.69 Å². The van der Waals surface area contributed by atoms with Crippen LogP contribution in [0.15, 0.2) is 24.3 Å². The lowest BCUT2D eigenvalue weighted by atomic mass is 10.1. The predicted molar refractivity (Wildman–Crippen MR) is 76.2 cm³/mol. The van der Waals surface area contributed by atoms with Gasteiger partial charge in [0.1, 0.15) is 0 Å². The first-order valence-electron chi connectivity index (χ1n) is 6.39. The summed E-state index contributed by atoms with van der Waals surface area (Å²) in [5.74, 6) is -0.283. The quantitative estimate of drug-likeness (QED) is 0.787. The van der Waals surface area contributed by atoms with E-state index in [0.717, 1.165) is 29.8 Å². The van der Waals surface area contributed by atoms with Crippen molar-refractivity contribution in [2.24, 2.45) is 0 Å². The van der Waals surface area contributed by atoms with Crippen LogP contribution in [0.1, 0.15) is 35.6 Å². The summed E-state index contributed by atoms with van der Waals surface area (Å²) in [5, 5.41) is 9.61. The molecule has 0 aliphatic rings. The second-order valence-corrected chi connectivity index (χ2v) is 4.28. The molecule has 0 saturated heterocycles. The number of benzene rings is 1. The van der Waals surface area contributed by atoms with Crippen LogP contribution >= 0.6 is 0 Å². The van der Waals surface area contributed by atoms with Gasteiger partial charge in [0.05, 0.1) is 11.4 Å². The number of aromatic nitrogens is 2. The van der Waals surface area contributed by atoms with Crippen molar-refractivity contribution < 1.29 is 4.79 Å². The number of aromatic amines is 1. The number of anilines is 2. The summed E-state index contributed by atoms with van der Waals surface area (Å²) < 4.78 is 0. The lowest BCUT2D eigenvalue weighted by Crippen LogP contribution is -2.15. The van der Waals surface area contributed by atoms with Crippen molar-refractivity contribution in [1.29, 1.82) is 0 Å². The summed E-state index contributed by atoms with van der Waals surface area (Å²) >= 11 is 0. The Labute approximate surface area is 112 Å². The van der Waals surface area contributed by atoms with E-state index in [2.05, 4.69) is 15.5 Å². The second-order valence-electron chi connectivity index (χ2n) is 4.28. The second kappa shape index (κ2) is 5.56. The van der Waals surface area contributed by atoms with Gasteiger partial charge in [-0.15, -0.1) is 0 Å². The van der Waals surface area contributed by atoms with Crippen molar-refractivity contribution in [3.05, 3.63) is 41.2 Å². The number of hydrogen-bond donors (Lipinski definition) is 3. The van der Waals surface area contributed by atoms with Gasteiger partial charge in [0.25, 0.3) is 5.91 Å². The van der Waals surface area contributed by atoms with Crippen LogP contribution in [0.25, 0.3) is 0 Å². The molecule has 1 heterocycles. The minimum atomic E-state index is -0.283. The van der Waals surface area contributed by atoms with Crippen molar-refractivity contribution in [2.75, 3.05) is 11.1 Å². The molecule has 5 heteroatoms. The molecule has 1 amide bonds. The van der Waals surface area contributed by atoms with Crippen LogP contribution in [0.5, 0.6) is 0 Å². The zero-order valence-electron chi connectivity index (χ0n) is 11.2. The molecule has 0 fully saturated rings. The van der Waals surface area contributed by atoms with Crippen LogP contribution in [0.2, 0.25) is 0 Å². The molecule has 1 aromatic carbocycles. The summed E-state index contributed by atoms with van der Waals surface area (Å²) in [6, 6.07) is 7.70. The number of nitrogens with zero attached hydrogens (tertiary/aromatic N) is 1. The molecule has 0 saturated carbocycles. The number of carbonyl (C=O) groups excluding carboxylic acids is 1. The van der Waals surface area contributed by atoms with E-state index in [-0.39, 0.29) is 11.6 Å². The molecule has 2 aromatic rings. The average molecular weight is 258 g/mol. The lowest BCUT2D eigenvalue weighted by Gasteiger charge is -2.08. The van der Waals surface area contributed by atoms with Gasteiger partial charge >= 0.3 is 0 Å². The molecule has 0 unspecified atom stereocenters. The Bertz CT molecular complexity index is 589. The zero-order chi connectivity index (χ0) is 13.8. The number of nitrogens with two attached hydrogens (primary N) is 1. The maximum absolute atomic E-state index is 12.2. The van der Waals surface area contributed by atoms with Gasteiger partial charge in [0.2, 0.25) is 0 Å². The van der Waals surface area contributed by atoms with E-state index < -0.39 is 0 Å². The van der Waals surface area contributed by atoms with Crippen LogP contribution in [0.3, 0.4) is 0 Å². The van der Waals surface area contributed by atoms with E-state index in [1.54, 1.807) is 0 Å². The molecule has 0 radical (unpaired) electrons. The maximum Gasteiger partial charge on any atom is 0.278 e. The van der Waals surface area contributed by atoms with Gasteiger partial charge in [-0.1, -0.05) is 32.0 Å². The van der Waals surface area contributed by atoms with Crippen LogP contribution in [-0.4, -0.2) is 16.1 Å². The fraction of sp³-hybridized carbons (Fsp3) is 0.286. The van der Waals surface area contributed by atoms with E-state index in [9.17, 15) is 4.79 Å². The first kappa shape index (κ1) is 13.1. The molecule has 0 atom stereocenters. The summed E-state index contributed by atoms with van der Waals surface area (Å²) in [6.45, 7) is 4.00. The van der Waals surface area contributed by atoms with Gasteiger partial charge in [-0.05, 0) is 24.5 Å². The topological polar surface area (TPSA) is 83.8 Å². The smallest absolute Gasteiger partial charge is 0.278 e. The number of hydrogen-bond acceptors (Lipinski definition) is 3. The normalized spacial score (nSPS) is 10.4. The van der Waals surface area contributed by atoms with E-state index in [4.69, 9.17) is 5.73 Å². The predicted octanol–water partition coefficient (Wildman–Crippen LogP) is 2.37. The van der Waals surface area contributed by atoms with Crippen molar-refractivity contribution in [3.8, 4) is 0 Å². The van der Waals surface area contributed by atoms with Crippen molar-refractivity contribution in [1.82, 2.24) is 10.2 Å². The Morgan fingerprint density at radius 3 is 2.68 bits per heavy atom. The molecule has 0 bridgehead atoms. The number of amides is 1. The largest absolute Gasteiger partial charge is 0.395 e. The highest BCUT2D eigenvalue weighted by atomic mass is 16.2. The molecule has 0 aliphatic carbocycles. The number of nitrogens with one attached hydrogen (secondary N) is 2. The fourth-order valence-corrected chi connectivity index (χ4v) is 1.96. The van der Waals surface area contributed by atoms with Crippen molar-refractivity contribution in [3.63, 3.8) is 0 Å². The highest BCUT2D eigenvalue weighted by Crippen LogP contribution is 2.19. The molecule has 5 nitrogen and oxygen atoms in total. The average Bonchev–Trinajstić information content (AvgIpc) is 2.80. The zero-order valence-corrected chi connectivity index (χ0v) is 11.2. The first-order valence-corrected chi connectivity index (χ1v) is 6.39. The standard InChI is InChI=1S/C14H18N4O/c1-3-9-7-5-6-8-11(9)16-14(19)13-12(15)10(4-2)17-18-13/h5-8H,3-4,15H2,1-2H3,(H,16,19)(H,17,18). The highest BCUT2D eigenvalue weighted by molar-refractivity contribution is 6.06. The summed E-state index contributed by atoms with van der Waals surface area (Å²) in [7, 11) is 0. The third-order valence-electron chi connectivity index (χ3n) is 3.10. The molecular weight excluding hydrogens is 240 g/mol. The number of rotatable bonds is 4. The SMILES string of the molecule is CCc1ccccc1NC(=O)c1n[nH]c(CC)c1N. The summed E-state index contributed by atoms with van der Waals surface area (Å²) in [6.07, 6.45) is 1.57. The number of nitrogen functional groups attached to an aromatic ring is 1. The molecular formula is C14H18N4O. The number of aryl methyl sites for hydroxylation is 2. The van der Waals surface area contributed by atoms with Crippen molar-refractivity contribution in [2.45, 2.75) is 26.7 Å². The lowest BCUT2D eigenvalue weighted by molar-refractivity contribution is 0.102. The van der Waals surface area contributed by atoms with E-state index >= 15 is 0 Å².